The Bertz CT molecular complexity index is 2500. The number of carbonyl (C=O) groups is 4. The predicted molar refractivity (Wildman–Crippen MR) is 253 cm³/mol. The summed E-state index contributed by atoms with van der Waals surface area (Å²) in [6, 6.07) is 23.7. The number of hydrogen-bond acceptors (Lipinski definition) is 8. The standard InChI is InChI=1S/C50H56Cl2FN7O6/c1-33-48(63)55-43(32-61)50(65)57(4)22-10-24-59(23-9-13-34-14-18-38(51)19-15-34)49(64)37(25-35-11-7-6-8-12-35)26-47(62)60(33)30-41-42(53)27-39(52)28-45(41)66-40-20-16-36(17-21-40)44-29-54-46(58(44)5)31-56(2)3/h6-9,11-12,14-21,23,27-29,33,37,43,61H,10,13,22,24-26,30-32H2,1-5H3,(H,55,63)/b23-9+/t33-,37+,43-/m0/s1. The van der Waals surface area contributed by atoms with Gasteiger partial charge in [0, 0.05) is 61.0 Å². The van der Waals surface area contributed by atoms with Gasteiger partial charge in [0.2, 0.25) is 23.6 Å². The number of hydrogen-bond donors (Lipinski definition) is 2. The Hall–Kier alpha value is -6.06. The minimum Gasteiger partial charge on any atom is -0.457 e. The molecule has 0 spiro atoms. The number of aromatic nitrogens is 2. The third-order valence-corrected chi connectivity index (χ3v) is 12.0. The summed E-state index contributed by atoms with van der Waals surface area (Å²) < 4.78 is 24.6. The molecule has 1 fully saturated rings. The molecule has 16 heteroatoms. The van der Waals surface area contributed by atoms with Crippen molar-refractivity contribution in [1.82, 2.24) is 34.5 Å². The summed E-state index contributed by atoms with van der Waals surface area (Å²) >= 11 is 12.5. The van der Waals surface area contributed by atoms with E-state index in [1.807, 2.05) is 91.3 Å². The van der Waals surface area contributed by atoms with Gasteiger partial charge in [0.05, 0.1) is 37.5 Å². The zero-order valence-corrected chi connectivity index (χ0v) is 39.3. The summed E-state index contributed by atoms with van der Waals surface area (Å²) in [5, 5.41) is 13.6. The van der Waals surface area contributed by atoms with Crippen molar-refractivity contribution in [2.24, 2.45) is 13.0 Å². The molecule has 0 unspecified atom stereocenters. The minimum atomic E-state index is -1.34. The van der Waals surface area contributed by atoms with Gasteiger partial charge in [-0.2, -0.15) is 0 Å². The number of nitrogens with one attached hydrogen (secondary N) is 1. The molecule has 0 radical (unpaired) electrons. The second-order valence-corrected chi connectivity index (χ2v) is 17.6. The van der Waals surface area contributed by atoms with E-state index in [4.69, 9.17) is 27.9 Å². The van der Waals surface area contributed by atoms with E-state index in [9.17, 15) is 24.3 Å². The molecule has 13 nitrogen and oxygen atoms in total. The molecule has 5 aromatic rings. The molecule has 66 heavy (non-hydrogen) atoms. The fraction of sp³-hybridized carbons (Fsp3) is 0.340. The van der Waals surface area contributed by atoms with Gasteiger partial charge >= 0.3 is 0 Å². The number of likely N-dealkylation sites (N-methyl/N-ethyl adjacent to an activating group) is 1. The number of carbonyl (C=O) groups excluding carboxylic acids is 4. The van der Waals surface area contributed by atoms with E-state index in [1.165, 1.54) is 22.8 Å². The predicted octanol–water partition coefficient (Wildman–Crippen LogP) is 7.28. The normalized spacial score (nSPS) is 18.2. The zero-order chi connectivity index (χ0) is 47.5. The van der Waals surface area contributed by atoms with Crippen LogP contribution in [0.2, 0.25) is 10.0 Å². The van der Waals surface area contributed by atoms with E-state index >= 15 is 4.39 Å². The molecule has 4 amide bonds. The number of ether oxygens (including phenoxy) is 1. The van der Waals surface area contributed by atoms with Gasteiger partial charge < -0.3 is 39.3 Å². The van der Waals surface area contributed by atoms with E-state index < -0.39 is 54.7 Å². The number of nitrogens with zero attached hydrogens (tertiary/aromatic N) is 6. The van der Waals surface area contributed by atoms with Crippen molar-refractivity contribution in [3.05, 3.63) is 148 Å². The Morgan fingerprint density at radius 2 is 1.62 bits per heavy atom. The van der Waals surface area contributed by atoms with Crippen molar-refractivity contribution in [3.8, 4) is 22.8 Å². The van der Waals surface area contributed by atoms with Crippen molar-refractivity contribution >= 4 is 46.8 Å². The maximum absolute atomic E-state index is 16.3. The van der Waals surface area contributed by atoms with Gasteiger partial charge in [-0.3, -0.25) is 19.2 Å². The van der Waals surface area contributed by atoms with Gasteiger partial charge in [-0.25, -0.2) is 9.37 Å². The molecule has 0 saturated carbocycles. The van der Waals surface area contributed by atoms with Crippen molar-refractivity contribution in [2.75, 3.05) is 40.8 Å². The Morgan fingerprint density at radius 3 is 2.30 bits per heavy atom. The Labute approximate surface area is 395 Å². The van der Waals surface area contributed by atoms with Crippen LogP contribution in [0.5, 0.6) is 11.5 Å². The molecule has 1 aromatic heterocycles. The lowest BCUT2D eigenvalue weighted by atomic mass is 9.93. The first-order valence-electron chi connectivity index (χ1n) is 21.7. The summed E-state index contributed by atoms with van der Waals surface area (Å²) in [5.74, 6) is -2.81. The molecule has 1 saturated heterocycles. The van der Waals surface area contributed by atoms with Crippen LogP contribution in [0.15, 0.2) is 109 Å². The first-order chi connectivity index (χ1) is 31.6. The van der Waals surface area contributed by atoms with Gasteiger partial charge in [-0.05, 0) is 99.9 Å². The lowest BCUT2D eigenvalue weighted by Crippen LogP contribution is -2.55. The lowest BCUT2D eigenvalue weighted by Gasteiger charge is -2.32. The molecular formula is C50H56Cl2FN7O6. The third kappa shape index (κ3) is 12.8. The Balaban J connectivity index is 1.36. The van der Waals surface area contributed by atoms with E-state index in [2.05, 4.69) is 10.3 Å². The number of amides is 4. The van der Waals surface area contributed by atoms with Crippen LogP contribution < -0.4 is 10.1 Å². The van der Waals surface area contributed by atoms with Gasteiger partial charge in [0.15, 0.2) is 0 Å². The van der Waals surface area contributed by atoms with Crippen LogP contribution in [0.1, 0.15) is 42.3 Å². The van der Waals surface area contributed by atoms with Gasteiger partial charge in [-0.1, -0.05) is 71.7 Å². The molecule has 1 aliphatic rings. The number of imidazole rings is 1. The van der Waals surface area contributed by atoms with Crippen LogP contribution in [0, 0.1) is 11.7 Å². The van der Waals surface area contributed by atoms with E-state index in [-0.39, 0.29) is 48.2 Å². The van der Waals surface area contributed by atoms with Crippen molar-refractivity contribution in [2.45, 2.75) is 57.8 Å². The fourth-order valence-electron chi connectivity index (χ4n) is 7.78. The summed E-state index contributed by atoms with van der Waals surface area (Å²) in [4.78, 5) is 68.0. The summed E-state index contributed by atoms with van der Waals surface area (Å²) in [5.41, 5.74) is 3.44. The quantitative estimate of drug-likeness (QED) is 0.126. The second-order valence-electron chi connectivity index (χ2n) is 16.7. The van der Waals surface area contributed by atoms with E-state index in [0.29, 0.717) is 30.2 Å². The van der Waals surface area contributed by atoms with Crippen LogP contribution in [0.25, 0.3) is 11.3 Å². The summed E-state index contributed by atoms with van der Waals surface area (Å²) in [6.07, 6.45) is 6.00. The number of halogens is 3. The Morgan fingerprint density at radius 1 is 0.909 bits per heavy atom. The molecular weight excluding hydrogens is 884 g/mol. The van der Waals surface area contributed by atoms with Crippen molar-refractivity contribution < 1.29 is 33.4 Å². The van der Waals surface area contributed by atoms with Crippen molar-refractivity contribution in [1.29, 1.82) is 0 Å². The first kappa shape index (κ1) is 49.4. The first-order valence-corrected chi connectivity index (χ1v) is 22.5. The van der Waals surface area contributed by atoms with Crippen LogP contribution in [0.3, 0.4) is 0 Å². The highest BCUT2D eigenvalue weighted by molar-refractivity contribution is 6.31. The van der Waals surface area contributed by atoms with Crippen LogP contribution in [0.4, 0.5) is 4.39 Å². The molecule has 3 atom stereocenters. The van der Waals surface area contributed by atoms with Crippen LogP contribution in [-0.2, 0) is 52.2 Å². The topological polar surface area (TPSA) is 141 Å². The average molecular weight is 941 g/mol. The number of benzene rings is 4. The molecule has 2 heterocycles. The van der Waals surface area contributed by atoms with Gasteiger partial charge in [0.25, 0.3) is 0 Å². The lowest BCUT2D eigenvalue weighted by molar-refractivity contribution is -0.145. The summed E-state index contributed by atoms with van der Waals surface area (Å²) in [6.45, 7) is 1.30. The highest BCUT2D eigenvalue weighted by Gasteiger charge is 2.35. The fourth-order valence-corrected chi connectivity index (χ4v) is 8.10. The molecule has 1 aliphatic heterocycles. The number of rotatable bonds is 13. The SMILES string of the molecule is C[C@H]1C(=O)N[C@@H](CO)C(=O)N(C)CCCN(/C=C/Cc2ccc(Cl)cc2)C(=O)[C@H](Cc2ccccc2)CC(=O)N1Cc1c(F)cc(Cl)cc1Oc1ccc(-c2cnc(CN(C)C)n2C)cc1. The number of aliphatic hydroxyl groups excluding tert-OH is 1. The van der Waals surface area contributed by atoms with Gasteiger partial charge in [-0.15, -0.1) is 0 Å². The van der Waals surface area contributed by atoms with Crippen molar-refractivity contribution in [3.63, 3.8) is 0 Å². The molecule has 0 bridgehead atoms. The molecule has 6 rings (SSSR count). The van der Waals surface area contributed by atoms with Gasteiger partial charge in [0.1, 0.15) is 35.2 Å². The maximum atomic E-state index is 16.3. The van der Waals surface area contributed by atoms with Crippen LogP contribution >= 0.6 is 23.2 Å². The van der Waals surface area contributed by atoms with Crippen LogP contribution in [-0.4, -0.2) is 111 Å². The maximum Gasteiger partial charge on any atom is 0.247 e. The molecule has 4 aromatic carbocycles. The van der Waals surface area contributed by atoms with E-state index in [1.54, 1.807) is 48.6 Å². The van der Waals surface area contributed by atoms with E-state index in [0.717, 1.165) is 34.3 Å². The highest BCUT2D eigenvalue weighted by atomic mass is 35.5. The molecule has 0 aliphatic carbocycles. The largest absolute Gasteiger partial charge is 0.457 e. The average Bonchev–Trinajstić information content (AvgIpc) is 3.65. The highest BCUT2D eigenvalue weighted by Crippen LogP contribution is 2.34. The smallest absolute Gasteiger partial charge is 0.247 e. The molecule has 2 N–H and O–H groups in total. The Kier molecular flexibility index (Phi) is 17.1. The number of aliphatic hydroxyl groups is 1. The number of allylic oxidation sites excluding steroid dienone is 1. The zero-order valence-electron chi connectivity index (χ0n) is 37.8. The third-order valence-electron chi connectivity index (χ3n) is 11.5. The second kappa shape index (κ2) is 22.9. The minimum absolute atomic E-state index is 0.00296. The molecule has 348 valence electrons. The summed E-state index contributed by atoms with van der Waals surface area (Å²) in [7, 11) is 7.43. The monoisotopic (exact) mass is 939 g/mol.